The number of hydrogen-bond acceptors (Lipinski definition) is 4. The molecule has 0 spiro atoms. The monoisotopic (exact) mass is 421 g/mol. The molecule has 2 aromatic carbocycles. The summed E-state index contributed by atoms with van der Waals surface area (Å²) in [6.07, 6.45) is 2.30. The Hall–Kier alpha value is -3.32. The third-order valence-electron chi connectivity index (χ3n) is 5.55. The first-order valence-corrected chi connectivity index (χ1v) is 10.5. The number of nitrogens with one attached hydrogen (secondary N) is 2. The normalized spacial score (nSPS) is 18.3. The number of ether oxygens (including phenoxy) is 2. The SMILES string of the molecule is COCCNC(=O)[C@@H]1C[C@H](Oc2ccccc2)CN1C(=O)Cc1c[nH]c2ccccc12. The van der Waals surface area contributed by atoms with Crippen LogP contribution in [0.25, 0.3) is 10.9 Å². The maximum absolute atomic E-state index is 13.3. The van der Waals surface area contributed by atoms with Crippen LogP contribution in [0.1, 0.15) is 12.0 Å². The van der Waals surface area contributed by atoms with Gasteiger partial charge in [-0.2, -0.15) is 0 Å². The topological polar surface area (TPSA) is 83.7 Å². The Kier molecular flexibility index (Phi) is 6.52. The van der Waals surface area contributed by atoms with Crippen molar-refractivity contribution in [3.05, 3.63) is 66.4 Å². The number of rotatable bonds is 8. The van der Waals surface area contributed by atoms with Crippen molar-refractivity contribution < 1.29 is 19.1 Å². The van der Waals surface area contributed by atoms with Crippen LogP contribution >= 0.6 is 0 Å². The second-order valence-corrected chi connectivity index (χ2v) is 7.67. The maximum Gasteiger partial charge on any atom is 0.243 e. The van der Waals surface area contributed by atoms with Crippen LogP contribution in [-0.4, -0.2) is 60.7 Å². The largest absolute Gasteiger partial charge is 0.488 e. The number of methoxy groups -OCH3 is 1. The van der Waals surface area contributed by atoms with E-state index in [9.17, 15) is 9.59 Å². The van der Waals surface area contributed by atoms with Crippen LogP contribution in [0.5, 0.6) is 5.75 Å². The van der Waals surface area contributed by atoms with Crippen molar-refractivity contribution in [3.8, 4) is 5.75 Å². The minimum Gasteiger partial charge on any atom is -0.488 e. The van der Waals surface area contributed by atoms with E-state index in [0.717, 1.165) is 22.2 Å². The first-order valence-electron chi connectivity index (χ1n) is 10.5. The van der Waals surface area contributed by atoms with Crippen LogP contribution in [0.4, 0.5) is 0 Å². The Labute approximate surface area is 181 Å². The number of nitrogens with zero attached hydrogens (tertiary/aromatic N) is 1. The van der Waals surface area contributed by atoms with Gasteiger partial charge in [0.15, 0.2) is 0 Å². The molecule has 7 heteroatoms. The Morgan fingerprint density at radius 1 is 1.13 bits per heavy atom. The van der Waals surface area contributed by atoms with Crippen LogP contribution in [0.3, 0.4) is 0 Å². The molecular weight excluding hydrogens is 394 g/mol. The quantitative estimate of drug-likeness (QED) is 0.548. The van der Waals surface area contributed by atoms with Crippen molar-refractivity contribution in [2.24, 2.45) is 0 Å². The van der Waals surface area contributed by atoms with E-state index in [4.69, 9.17) is 9.47 Å². The van der Waals surface area contributed by atoms with Gasteiger partial charge in [0, 0.05) is 37.2 Å². The van der Waals surface area contributed by atoms with Gasteiger partial charge in [-0.25, -0.2) is 0 Å². The first kappa shape index (κ1) is 20.9. The highest BCUT2D eigenvalue weighted by Crippen LogP contribution is 2.25. The lowest BCUT2D eigenvalue weighted by atomic mass is 10.1. The van der Waals surface area contributed by atoms with Crippen LogP contribution in [0.2, 0.25) is 0 Å². The van der Waals surface area contributed by atoms with Crippen LogP contribution in [0, 0.1) is 0 Å². The Bertz CT molecular complexity index is 1030. The molecule has 2 N–H and O–H groups in total. The van der Waals surface area contributed by atoms with Gasteiger partial charge >= 0.3 is 0 Å². The zero-order chi connectivity index (χ0) is 21.6. The number of carbonyl (C=O) groups excluding carboxylic acids is 2. The molecule has 2 heterocycles. The van der Waals surface area contributed by atoms with E-state index >= 15 is 0 Å². The maximum atomic E-state index is 13.3. The molecule has 31 heavy (non-hydrogen) atoms. The van der Waals surface area contributed by atoms with Gasteiger partial charge in [0.1, 0.15) is 17.9 Å². The number of carbonyl (C=O) groups is 2. The van der Waals surface area contributed by atoms with Gasteiger partial charge in [-0.1, -0.05) is 36.4 Å². The van der Waals surface area contributed by atoms with Crippen molar-refractivity contribution >= 4 is 22.7 Å². The van der Waals surface area contributed by atoms with E-state index in [1.54, 1.807) is 12.0 Å². The number of fused-ring (bicyclic) bond motifs is 1. The summed E-state index contributed by atoms with van der Waals surface area (Å²) in [7, 11) is 1.59. The molecular formula is C24H27N3O4. The molecule has 2 amide bonds. The van der Waals surface area contributed by atoms with Crippen molar-refractivity contribution in [2.75, 3.05) is 26.8 Å². The molecule has 162 valence electrons. The van der Waals surface area contributed by atoms with Crippen molar-refractivity contribution in [1.29, 1.82) is 0 Å². The minimum absolute atomic E-state index is 0.0872. The van der Waals surface area contributed by atoms with Gasteiger partial charge in [0.05, 0.1) is 19.6 Å². The molecule has 0 saturated carbocycles. The highest BCUT2D eigenvalue weighted by atomic mass is 16.5. The molecule has 1 fully saturated rings. The van der Waals surface area contributed by atoms with Crippen molar-refractivity contribution in [3.63, 3.8) is 0 Å². The molecule has 7 nitrogen and oxygen atoms in total. The predicted octanol–water partition coefficient (Wildman–Crippen LogP) is 2.52. The Morgan fingerprint density at radius 3 is 2.71 bits per heavy atom. The zero-order valence-electron chi connectivity index (χ0n) is 17.5. The van der Waals surface area contributed by atoms with E-state index in [2.05, 4.69) is 10.3 Å². The highest BCUT2D eigenvalue weighted by molar-refractivity contribution is 5.92. The van der Waals surface area contributed by atoms with Gasteiger partial charge < -0.3 is 24.7 Å². The van der Waals surface area contributed by atoms with Gasteiger partial charge in [-0.05, 0) is 23.8 Å². The van der Waals surface area contributed by atoms with Gasteiger partial charge in [0.2, 0.25) is 11.8 Å². The molecule has 0 radical (unpaired) electrons. The lowest BCUT2D eigenvalue weighted by molar-refractivity contribution is -0.138. The second kappa shape index (κ2) is 9.66. The summed E-state index contributed by atoms with van der Waals surface area (Å²) in [5.74, 6) is 0.469. The van der Waals surface area contributed by atoms with Crippen molar-refractivity contribution in [2.45, 2.75) is 25.0 Å². The molecule has 0 bridgehead atoms. The molecule has 2 atom stereocenters. The fourth-order valence-corrected chi connectivity index (χ4v) is 4.03. The molecule has 1 aliphatic rings. The van der Waals surface area contributed by atoms with Gasteiger partial charge in [-0.15, -0.1) is 0 Å². The predicted molar refractivity (Wildman–Crippen MR) is 118 cm³/mol. The summed E-state index contributed by atoms with van der Waals surface area (Å²) in [5.41, 5.74) is 1.91. The van der Waals surface area contributed by atoms with E-state index in [1.165, 1.54) is 0 Å². The van der Waals surface area contributed by atoms with Gasteiger partial charge in [-0.3, -0.25) is 9.59 Å². The second-order valence-electron chi connectivity index (χ2n) is 7.67. The first-order chi connectivity index (χ1) is 15.2. The Balaban J connectivity index is 1.49. The number of H-pyrrole nitrogens is 1. The lowest BCUT2D eigenvalue weighted by Crippen LogP contribution is -2.47. The molecule has 1 aliphatic heterocycles. The molecule has 3 aromatic rings. The molecule has 0 aliphatic carbocycles. The fraction of sp³-hybridized carbons (Fsp3) is 0.333. The van der Waals surface area contributed by atoms with Crippen molar-refractivity contribution in [1.82, 2.24) is 15.2 Å². The van der Waals surface area contributed by atoms with Gasteiger partial charge in [0.25, 0.3) is 0 Å². The smallest absolute Gasteiger partial charge is 0.243 e. The van der Waals surface area contributed by atoms with Crippen LogP contribution in [-0.2, 0) is 20.7 Å². The number of aromatic nitrogens is 1. The summed E-state index contributed by atoms with van der Waals surface area (Å²) < 4.78 is 11.1. The van der Waals surface area contributed by atoms with E-state index < -0.39 is 6.04 Å². The molecule has 1 saturated heterocycles. The summed E-state index contributed by atoms with van der Waals surface area (Å²) >= 11 is 0. The third-order valence-corrected chi connectivity index (χ3v) is 5.55. The molecule has 1 aromatic heterocycles. The van der Waals surface area contributed by atoms with Crippen LogP contribution in [0.15, 0.2) is 60.8 Å². The van der Waals surface area contributed by atoms with E-state index in [0.29, 0.717) is 26.1 Å². The number of amides is 2. The summed E-state index contributed by atoms with van der Waals surface area (Å²) in [5, 5.41) is 3.89. The van der Waals surface area contributed by atoms with E-state index in [1.807, 2.05) is 60.8 Å². The highest BCUT2D eigenvalue weighted by Gasteiger charge is 2.40. The standard InChI is InChI=1S/C24H27N3O4/c1-30-12-11-25-24(29)22-14-19(31-18-7-3-2-4-8-18)16-27(22)23(28)13-17-15-26-21-10-6-5-9-20(17)21/h2-10,15,19,22,26H,11-14,16H2,1H3,(H,25,29)/t19-,22-/m0/s1. The third kappa shape index (κ3) is 4.88. The summed E-state index contributed by atoms with van der Waals surface area (Å²) in [6, 6.07) is 16.8. The minimum atomic E-state index is -0.566. The number of likely N-dealkylation sites (tertiary alicyclic amines) is 1. The summed E-state index contributed by atoms with van der Waals surface area (Å²) in [6.45, 7) is 1.20. The fourth-order valence-electron chi connectivity index (χ4n) is 4.03. The zero-order valence-corrected chi connectivity index (χ0v) is 17.5. The summed E-state index contributed by atoms with van der Waals surface area (Å²) in [4.78, 5) is 30.9. The molecule has 0 unspecified atom stereocenters. The lowest BCUT2D eigenvalue weighted by Gasteiger charge is -2.23. The average molecular weight is 421 g/mol. The average Bonchev–Trinajstić information content (AvgIpc) is 3.39. The number of hydrogen-bond donors (Lipinski definition) is 2. The number of benzene rings is 2. The molecule has 4 rings (SSSR count). The Morgan fingerprint density at radius 2 is 1.90 bits per heavy atom. The number of aromatic amines is 1. The van der Waals surface area contributed by atoms with Crippen LogP contribution < -0.4 is 10.1 Å². The number of para-hydroxylation sites is 2. The van der Waals surface area contributed by atoms with E-state index in [-0.39, 0.29) is 24.3 Å².